The van der Waals surface area contributed by atoms with Gasteiger partial charge in [-0.15, -0.1) is 0 Å². The Morgan fingerprint density at radius 2 is 1.85 bits per heavy atom. The maximum atomic E-state index is 12.1. The monoisotopic (exact) mass is 440 g/mol. The van der Waals surface area contributed by atoms with Crippen molar-refractivity contribution in [3.63, 3.8) is 0 Å². The van der Waals surface area contributed by atoms with E-state index in [1.54, 1.807) is 17.8 Å². The molecule has 1 fully saturated rings. The highest BCUT2D eigenvalue weighted by Gasteiger charge is 2.47. The highest BCUT2D eigenvalue weighted by atomic mass is 35.5. The van der Waals surface area contributed by atoms with Crippen molar-refractivity contribution in [2.24, 2.45) is 4.99 Å². The van der Waals surface area contributed by atoms with Crippen molar-refractivity contribution in [3.05, 3.63) is 63.6 Å². The summed E-state index contributed by atoms with van der Waals surface area (Å²) in [5.41, 5.74) is 3.19. The summed E-state index contributed by atoms with van der Waals surface area (Å²) >= 11 is 13.7. The van der Waals surface area contributed by atoms with Crippen LogP contribution in [0.5, 0.6) is 0 Å². The van der Waals surface area contributed by atoms with Gasteiger partial charge in [-0.25, -0.2) is 8.42 Å². The van der Waals surface area contributed by atoms with Crippen molar-refractivity contribution in [1.29, 1.82) is 0 Å². The van der Waals surface area contributed by atoms with Gasteiger partial charge >= 0.3 is 0 Å². The van der Waals surface area contributed by atoms with Crippen LogP contribution >= 0.6 is 35.0 Å². The standard InChI is InChI=1S/C19H18Cl2N2O2S2/c1-12-2-5-14(6-3-12)23-18-11-27(24,25)10-17(18)22-19(23)26-9-13-4-7-15(20)16(21)8-13/h2-8,17-18H,9-11H2,1H3/t17-,18-/m0/s1. The van der Waals surface area contributed by atoms with Gasteiger partial charge in [-0.05, 0) is 36.8 Å². The maximum Gasteiger partial charge on any atom is 0.164 e. The number of aryl methyl sites for hydroxylation is 1. The Morgan fingerprint density at radius 1 is 1.11 bits per heavy atom. The van der Waals surface area contributed by atoms with Gasteiger partial charge in [0.25, 0.3) is 0 Å². The number of halogens is 2. The van der Waals surface area contributed by atoms with E-state index in [0.717, 1.165) is 22.0 Å². The number of sulfone groups is 1. The summed E-state index contributed by atoms with van der Waals surface area (Å²) in [5.74, 6) is 0.951. The molecular weight excluding hydrogens is 423 g/mol. The number of hydrogen-bond donors (Lipinski definition) is 0. The maximum absolute atomic E-state index is 12.1. The largest absolute Gasteiger partial charge is 0.315 e. The molecule has 2 aromatic rings. The van der Waals surface area contributed by atoms with Crippen LogP contribution in [0.15, 0.2) is 47.5 Å². The normalized spacial score (nSPS) is 23.4. The molecule has 0 N–H and O–H groups in total. The number of rotatable bonds is 3. The van der Waals surface area contributed by atoms with E-state index in [0.29, 0.717) is 15.8 Å². The fourth-order valence-electron chi connectivity index (χ4n) is 3.42. The molecule has 0 saturated carbocycles. The third-order valence-electron chi connectivity index (χ3n) is 4.77. The summed E-state index contributed by atoms with van der Waals surface area (Å²) in [4.78, 5) is 6.83. The summed E-state index contributed by atoms with van der Waals surface area (Å²) in [6.45, 7) is 2.03. The minimum absolute atomic E-state index is 0.122. The van der Waals surface area contributed by atoms with Crippen molar-refractivity contribution in [3.8, 4) is 0 Å². The second-order valence-electron chi connectivity index (χ2n) is 6.87. The molecule has 4 rings (SSSR count). The molecule has 8 heteroatoms. The summed E-state index contributed by atoms with van der Waals surface area (Å²) in [5, 5.41) is 1.92. The zero-order valence-corrected chi connectivity index (χ0v) is 17.7. The molecule has 2 aromatic carbocycles. The highest BCUT2D eigenvalue weighted by molar-refractivity contribution is 8.13. The minimum Gasteiger partial charge on any atom is -0.315 e. The van der Waals surface area contributed by atoms with Crippen LogP contribution in [-0.2, 0) is 15.6 Å². The van der Waals surface area contributed by atoms with E-state index >= 15 is 0 Å². The SMILES string of the molecule is Cc1ccc(N2C(SCc3ccc(Cl)c(Cl)c3)=N[C@H]3CS(=O)(=O)C[C@@H]32)cc1. The predicted octanol–water partition coefficient (Wildman–Crippen LogP) is 4.58. The molecule has 0 unspecified atom stereocenters. The molecule has 0 aliphatic carbocycles. The quantitative estimate of drug-likeness (QED) is 0.700. The fourth-order valence-corrected chi connectivity index (χ4v) is 6.65. The highest BCUT2D eigenvalue weighted by Crippen LogP contribution is 2.36. The third kappa shape index (κ3) is 3.99. The van der Waals surface area contributed by atoms with Crippen LogP contribution in [-0.4, -0.2) is 37.2 Å². The second-order valence-corrected chi connectivity index (χ2v) is 10.8. The molecule has 0 spiro atoms. The molecule has 2 aliphatic heterocycles. The van der Waals surface area contributed by atoms with Crippen LogP contribution in [0.1, 0.15) is 11.1 Å². The van der Waals surface area contributed by atoms with Gasteiger partial charge in [-0.2, -0.15) is 0 Å². The van der Waals surface area contributed by atoms with Gasteiger partial charge in [0, 0.05) is 11.4 Å². The van der Waals surface area contributed by atoms with Gasteiger partial charge in [0.1, 0.15) is 0 Å². The molecule has 142 valence electrons. The number of nitrogens with zero attached hydrogens (tertiary/aromatic N) is 2. The van der Waals surface area contributed by atoms with Gasteiger partial charge < -0.3 is 4.90 Å². The molecule has 0 amide bonds. The first-order chi connectivity index (χ1) is 12.8. The third-order valence-corrected chi connectivity index (χ3v) is 8.25. The van der Waals surface area contributed by atoms with Gasteiger partial charge in [0.05, 0.1) is 33.6 Å². The van der Waals surface area contributed by atoms with E-state index in [4.69, 9.17) is 28.2 Å². The second kappa shape index (κ2) is 7.32. The number of benzene rings is 2. The number of anilines is 1. The zero-order chi connectivity index (χ0) is 19.2. The van der Waals surface area contributed by atoms with Crippen molar-refractivity contribution < 1.29 is 8.42 Å². The molecule has 0 aromatic heterocycles. The van der Waals surface area contributed by atoms with Gasteiger partial charge in [-0.1, -0.05) is 58.7 Å². The first-order valence-electron chi connectivity index (χ1n) is 8.53. The smallest absolute Gasteiger partial charge is 0.164 e. The van der Waals surface area contributed by atoms with Crippen LogP contribution in [0.2, 0.25) is 10.0 Å². The first-order valence-corrected chi connectivity index (χ1v) is 12.1. The van der Waals surface area contributed by atoms with E-state index in [-0.39, 0.29) is 23.6 Å². The lowest BCUT2D eigenvalue weighted by Gasteiger charge is -2.26. The van der Waals surface area contributed by atoms with Crippen molar-refractivity contribution in [2.45, 2.75) is 24.8 Å². The van der Waals surface area contributed by atoms with E-state index in [1.165, 1.54) is 0 Å². The topological polar surface area (TPSA) is 49.7 Å². The number of hydrogen-bond acceptors (Lipinski definition) is 5. The van der Waals surface area contributed by atoms with Crippen LogP contribution in [0.3, 0.4) is 0 Å². The molecule has 27 heavy (non-hydrogen) atoms. The molecule has 0 radical (unpaired) electrons. The van der Waals surface area contributed by atoms with E-state index in [1.807, 2.05) is 43.3 Å². The van der Waals surface area contributed by atoms with Crippen LogP contribution in [0, 0.1) is 6.92 Å². The summed E-state index contributed by atoms with van der Waals surface area (Å²) < 4.78 is 24.2. The zero-order valence-electron chi connectivity index (χ0n) is 14.6. The average Bonchev–Trinajstić information content (AvgIpc) is 3.08. The number of aliphatic imine (C=N–C) groups is 1. The van der Waals surface area contributed by atoms with E-state index in [9.17, 15) is 8.42 Å². The summed E-state index contributed by atoms with van der Waals surface area (Å²) in [7, 11) is -3.05. The van der Waals surface area contributed by atoms with Gasteiger partial charge in [-0.3, -0.25) is 4.99 Å². The van der Waals surface area contributed by atoms with Crippen molar-refractivity contribution in [1.82, 2.24) is 0 Å². The Hall–Kier alpha value is -1.21. The first kappa shape index (κ1) is 19.1. The van der Waals surface area contributed by atoms with Crippen molar-refractivity contribution in [2.75, 3.05) is 16.4 Å². The van der Waals surface area contributed by atoms with Crippen LogP contribution < -0.4 is 4.90 Å². The molecule has 2 atom stereocenters. The Balaban J connectivity index is 1.60. The van der Waals surface area contributed by atoms with Gasteiger partial charge in [0.2, 0.25) is 0 Å². The van der Waals surface area contributed by atoms with E-state index in [2.05, 4.69) is 4.90 Å². The molecule has 2 heterocycles. The molecule has 2 aliphatic rings. The Morgan fingerprint density at radius 3 is 2.56 bits per heavy atom. The summed E-state index contributed by atoms with van der Waals surface area (Å²) in [6, 6.07) is 13.4. The molecule has 4 nitrogen and oxygen atoms in total. The Labute approximate surface area is 173 Å². The number of thioether (sulfide) groups is 1. The van der Waals surface area contributed by atoms with E-state index < -0.39 is 9.84 Å². The van der Waals surface area contributed by atoms with Crippen molar-refractivity contribution >= 4 is 55.7 Å². The lowest BCUT2D eigenvalue weighted by molar-refractivity contribution is 0.601. The average molecular weight is 441 g/mol. The number of fused-ring (bicyclic) bond motifs is 1. The minimum atomic E-state index is -3.05. The molecule has 0 bridgehead atoms. The fraction of sp³-hybridized carbons (Fsp3) is 0.316. The van der Waals surface area contributed by atoms with Crippen LogP contribution in [0.4, 0.5) is 5.69 Å². The lowest BCUT2D eigenvalue weighted by Crippen LogP contribution is -2.39. The summed E-state index contributed by atoms with van der Waals surface area (Å²) in [6.07, 6.45) is 0. The van der Waals surface area contributed by atoms with Gasteiger partial charge in [0.15, 0.2) is 15.0 Å². The predicted molar refractivity (Wildman–Crippen MR) is 115 cm³/mol. The van der Waals surface area contributed by atoms with Crippen LogP contribution in [0.25, 0.3) is 0 Å². The lowest BCUT2D eigenvalue weighted by atomic mass is 10.1. The number of amidine groups is 1. The Bertz CT molecular complexity index is 1010. The Kier molecular flexibility index (Phi) is 5.18. The molecule has 1 saturated heterocycles. The molecular formula is C19H18Cl2N2O2S2.